The van der Waals surface area contributed by atoms with Crippen molar-refractivity contribution >= 4 is 5.69 Å². The average molecular weight is 259 g/mol. The molecule has 19 heavy (non-hydrogen) atoms. The summed E-state index contributed by atoms with van der Waals surface area (Å²) < 4.78 is 7.54. The highest BCUT2D eigenvalue weighted by Gasteiger charge is 2.49. The first-order valence-electron chi connectivity index (χ1n) is 5.96. The summed E-state index contributed by atoms with van der Waals surface area (Å²) in [5.74, 6) is 1.22. The fraction of sp³-hybridized carbons (Fsp3) is 0.364. The van der Waals surface area contributed by atoms with Gasteiger partial charge < -0.3 is 4.74 Å². The molecular weight excluding hydrogens is 250 g/mol. The molecule has 1 fully saturated rings. The minimum absolute atomic E-state index is 0.00615. The molecule has 0 atom stereocenters. The lowest BCUT2D eigenvalue weighted by atomic mass is 9.78. The zero-order valence-corrected chi connectivity index (χ0v) is 9.81. The molecule has 0 bridgehead atoms. The van der Waals surface area contributed by atoms with Crippen molar-refractivity contribution in [1.82, 2.24) is 20.2 Å². The molecule has 2 heterocycles. The molecule has 1 spiro atoms. The van der Waals surface area contributed by atoms with Crippen molar-refractivity contribution < 1.29 is 9.66 Å². The predicted octanol–water partition coefficient (Wildman–Crippen LogP) is 1.34. The highest BCUT2D eigenvalue weighted by atomic mass is 16.6. The third-order valence-corrected chi connectivity index (χ3v) is 3.73. The van der Waals surface area contributed by atoms with E-state index in [1.165, 1.54) is 12.1 Å². The number of non-ortho nitro benzene ring substituents is 1. The largest absolute Gasteiger partial charge is 0.477 e. The molecule has 0 unspecified atom stereocenters. The maximum absolute atomic E-state index is 10.8. The number of nitro groups is 1. The fourth-order valence-electron chi connectivity index (χ4n) is 2.58. The highest BCUT2D eigenvalue weighted by Crippen LogP contribution is 2.49. The van der Waals surface area contributed by atoms with Gasteiger partial charge >= 0.3 is 0 Å². The molecule has 1 aliphatic heterocycles. The van der Waals surface area contributed by atoms with Gasteiger partial charge in [0.2, 0.25) is 0 Å². The van der Waals surface area contributed by atoms with E-state index in [1.807, 2.05) is 0 Å². The second-order valence-electron chi connectivity index (χ2n) is 4.77. The number of fused-ring (bicyclic) bond motifs is 4. The van der Waals surface area contributed by atoms with Crippen molar-refractivity contribution in [2.45, 2.75) is 24.9 Å². The summed E-state index contributed by atoms with van der Waals surface area (Å²) in [7, 11) is 0. The zero-order chi connectivity index (χ0) is 13.0. The van der Waals surface area contributed by atoms with Gasteiger partial charge in [-0.05, 0) is 35.8 Å². The van der Waals surface area contributed by atoms with Crippen LogP contribution in [0.15, 0.2) is 18.2 Å². The number of ether oxygens (including phenoxy) is 1. The average Bonchev–Trinajstić information content (AvgIpc) is 2.84. The maximum atomic E-state index is 10.8. The second-order valence-corrected chi connectivity index (χ2v) is 4.77. The van der Waals surface area contributed by atoms with E-state index < -0.39 is 10.5 Å². The number of aromatic nitrogens is 4. The summed E-state index contributed by atoms with van der Waals surface area (Å²) >= 11 is 0. The van der Waals surface area contributed by atoms with Crippen molar-refractivity contribution in [3.8, 4) is 11.4 Å². The van der Waals surface area contributed by atoms with Gasteiger partial charge in [0.05, 0.1) is 4.92 Å². The summed E-state index contributed by atoms with van der Waals surface area (Å²) in [6, 6.07) is 4.47. The molecule has 4 rings (SSSR count). The lowest BCUT2D eigenvalue weighted by Crippen LogP contribution is -2.45. The van der Waals surface area contributed by atoms with E-state index in [0.29, 0.717) is 17.3 Å². The summed E-state index contributed by atoms with van der Waals surface area (Å²) in [5.41, 5.74) is 0.0622. The van der Waals surface area contributed by atoms with Crippen LogP contribution in [0.2, 0.25) is 0 Å². The molecule has 2 aliphatic rings. The standard InChI is InChI=1S/C11H9N5O3/c17-16(18)7-2-3-9-8(6-7)15-10(12-13-14-15)11(19-9)4-1-5-11/h2-3,6H,1,4-5H2. The lowest BCUT2D eigenvalue weighted by molar-refractivity contribution is -0.384. The van der Waals surface area contributed by atoms with Gasteiger partial charge in [-0.15, -0.1) is 5.10 Å². The van der Waals surface area contributed by atoms with Crippen LogP contribution in [0.4, 0.5) is 5.69 Å². The minimum atomic E-state index is -0.452. The lowest BCUT2D eigenvalue weighted by Gasteiger charge is -2.43. The number of rotatable bonds is 1. The first kappa shape index (κ1) is 10.4. The van der Waals surface area contributed by atoms with E-state index >= 15 is 0 Å². The third-order valence-electron chi connectivity index (χ3n) is 3.73. The van der Waals surface area contributed by atoms with Gasteiger partial charge in [0.1, 0.15) is 11.4 Å². The molecule has 1 saturated carbocycles. The number of benzene rings is 1. The zero-order valence-electron chi connectivity index (χ0n) is 9.81. The Bertz CT molecular complexity index is 691. The number of nitro benzene ring substituents is 1. The second kappa shape index (κ2) is 3.28. The first-order valence-corrected chi connectivity index (χ1v) is 5.96. The molecule has 1 aromatic carbocycles. The normalized spacial score (nSPS) is 18.1. The van der Waals surface area contributed by atoms with E-state index in [2.05, 4.69) is 15.5 Å². The van der Waals surface area contributed by atoms with E-state index in [4.69, 9.17) is 4.74 Å². The van der Waals surface area contributed by atoms with Crippen molar-refractivity contribution in [3.05, 3.63) is 34.1 Å². The predicted molar refractivity (Wildman–Crippen MR) is 62.0 cm³/mol. The molecule has 0 saturated heterocycles. The SMILES string of the molecule is O=[N+]([O-])c1ccc2c(c1)-n1nnnc1C1(CCC1)O2. The minimum Gasteiger partial charge on any atom is -0.477 e. The highest BCUT2D eigenvalue weighted by molar-refractivity contribution is 5.55. The summed E-state index contributed by atoms with van der Waals surface area (Å²) in [5, 5.41) is 22.4. The van der Waals surface area contributed by atoms with E-state index in [-0.39, 0.29) is 5.69 Å². The Balaban J connectivity index is 1.93. The van der Waals surface area contributed by atoms with Crippen LogP contribution < -0.4 is 4.74 Å². The van der Waals surface area contributed by atoms with E-state index in [0.717, 1.165) is 19.3 Å². The molecule has 1 aromatic heterocycles. The Labute approximate surface area is 107 Å². The van der Waals surface area contributed by atoms with Crippen LogP contribution in [0.5, 0.6) is 5.75 Å². The van der Waals surface area contributed by atoms with E-state index in [9.17, 15) is 10.1 Å². The summed E-state index contributed by atoms with van der Waals surface area (Å²) in [4.78, 5) is 10.4. The van der Waals surface area contributed by atoms with Crippen molar-refractivity contribution in [3.63, 3.8) is 0 Å². The van der Waals surface area contributed by atoms with Crippen LogP contribution in [0, 0.1) is 10.1 Å². The fourth-order valence-corrected chi connectivity index (χ4v) is 2.58. The third kappa shape index (κ3) is 1.25. The van der Waals surface area contributed by atoms with Gasteiger partial charge in [-0.1, -0.05) is 0 Å². The van der Waals surface area contributed by atoms with Crippen LogP contribution in [-0.4, -0.2) is 25.1 Å². The van der Waals surface area contributed by atoms with Gasteiger partial charge in [-0.3, -0.25) is 10.1 Å². The topological polar surface area (TPSA) is 96.0 Å². The number of nitrogens with zero attached hydrogens (tertiary/aromatic N) is 5. The number of hydrogen-bond donors (Lipinski definition) is 0. The molecule has 96 valence electrons. The van der Waals surface area contributed by atoms with Crippen LogP contribution in [0.3, 0.4) is 0 Å². The molecule has 8 heteroatoms. The van der Waals surface area contributed by atoms with Crippen molar-refractivity contribution in [2.75, 3.05) is 0 Å². The van der Waals surface area contributed by atoms with E-state index in [1.54, 1.807) is 10.7 Å². The van der Waals surface area contributed by atoms with Gasteiger partial charge in [-0.2, -0.15) is 4.68 Å². The molecule has 1 aliphatic carbocycles. The quantitative estimate of drug-likeness (QED) is 0.566. The smallest absolute Gasteiger partial charge is 0.271 e. The number of tetrazole rings is 1. The molecule has 0 N–H and O–H groups in total. The van der Waals surface area contributed by atoms with Crippen LogP contribution >= 0.6 is 0 Å². The monoisotopic (exact) mass is 259 g/mol. The summed E-state index contributed by atoms with van der Waals surface area (Å²) in [6.45, 7) is 0. The van der Waals surface area contributed by atoms with Gasteiger partial charge in [0.25, 0.3) is 5.69 Å². The van der Waals surface area contributed by atoms with Crippen LogP contribution in [-0.2, 0) is 5.60 Å². The Kier molecular flexibility index (Phi) is 1.80. The molecule has 0 amide bonds. The van der Waals surface area contributed by atoms with Crippen LogP contribution in [0.1, 0.15) is 25.1 Å². The summed E-state index contributed by atoms with van der Waals surface area (Å²) in [6.07, 6.45) is 2.79. The van der Waals surface area contributed by atoms with Gasteiger partial charge in [0.15, 0.2) is 11.4 Å². The van der Waals surface area contributed by atoms with Gasteiger partial charge in [-0.25, -0.2) is 0 Å². The van der Waals surface area contributed by atoms with Crippen molar-refractivity contribution in [2.24, 2.45) is 0 Å². The number of hydrogen-bond acceptors (Lipinski definition) is 6. The van der Waals surface area contributed by atoms with Crippen molar-refractivity contribution in [1.29, 1.82) is 0 Å². The Morgan fingerprint density at radius 3 is 2.95 bits per heavy atom. The Morgan fingerprint density at radius 1 is 1.42 bits per heavy atom. The first-order chi connectivity index (χ1) is 9.20. The Hall–Kier alpha value is -2.51. The van der Waals surface area contributed by atoms with Gasteiger partial charge in [0, 0.05) is 12.1 Å². The van der Waals surface area contributed by atoms with Crippen LogP contribution in [0.25, 0.3) is 5.69 Å². The molecular formula is C11H9N5O3. The molecule has 2 aromatic rings. The molecule has 0 radical (unpaired) electrons. The Morgan fingerprint density at radius 2 is 2.26 bits per heavy atom. The maximum Gasteiger partial charge on any atom is 0.271 e. The molecule has 8 nitrogen and oxygen atoms in total.